The number of thioether (sulfide) groups is 1. The summed E-state index contributed by atoms with van der Waals surface area (Å²) in [4.78, 5) is 26.1. The van der Waals surface area contributed by atoms with Gasteiger partial charge in [-0.2, -0.15) is 0 Å². The molecule has 28 heavy (non-hydrogen) atoms. The van der Waals surface area contributed by atoms with Crippen molar-refractivity contribution in [2.24, 2.45) is 0 Å². The van der Waals surface area contributed by atoms with Gasteiger partial charge in [0.2, 0.25) is 5.91 Å². The molecule has 148 valence electrons. The smallest absolute Gasteiger partial charge is 0.233 e. The minimum atomic E-state index is 0.0437. The molecule has 1 fully saturated rings. The van der Waals surface area contributed by atoms with Gasteiger partial charge in [-0.15, -0.1) is 13.2 Å². The molecule has 0 unspecified atom stereocenters. The first-order chi connectivity index (χ1) is 13.7. The SMILES string of the molecule is C=CCN(CC=C)C(=O)CSc1nc(CN2CCOCC2)nc2ccccc12. The fourth-order valence-electron chi connectivity index (χ4n) is 3.04. The molecule has 2 aromatic rings. The van der Waals surface area contributed by atoms with E-state index < -0.39 is 0 Å². The first-order valence-electron chi connectivity index (χ1n) is 9.39. The third-order valence-electron chi connectivity index (χ3n) is 4.47. The molecule has 0 aliphatic carbocycles. The van der Waals surface area contributed by atoms with Gasteiger partial charge in [0.15, 0.2) is 0 Å². The van der Waals surface area contributed by atoms with E-state index >= 15 is 0 Å². The number of para-hydroxylation sites is 1. The van der Waals surface area contributed by atoms with Crippen LogP contribution in [0.4, 0.5) is 0 Å². The van der Waals surface area contributed by atoms with Crippen LogP contribution in [0.25, 0.3) is 10.9 Å². The van der Waals surface area contributed by atoms with Crippen molar-refractivity contribution < 1.29 is 9.53 Å². The van der Waals surface area contributed by atoms with Crippen LogP contribution < -0.4 is 0 Å². The second-order valence-electron chi connectivity index (χ2n) is 6.52. The predicted molar refractivity (Wildman–Crippen MR) is 113 cm³/mol. The Morgan fingerprint density at radius 1 is 1.18 bits per heavy atom. The lowest BCUT2D eigenvalue weighted by molar-refractivity contribution is -0.127. The number of fused-ring (bicyclic) bond motifs is 1. The van der Waals surface area contributed by atoms with Gasteiger partial charge in [0.25, 0.3) is 0 Å². The standard InChI is InChI=1S/C21H26N4O2S/c1-3-9-25(10-4-2)20(26)16-28-21-17-7-5-6-8-18(17)22-19(23-21)15-24-11-13-27-14-12-24/h3-8H,1-2,9-16H2. The quantitative estimate of drug-likeness (QED) is 0.368. The molecular weight excluding hydrogens is 372 g/mol. The molecule has 1 saturated heterocycles. The third kappa shape index (κ3) is 5.41. The van der Waals surface area contributed by atoms with E-state index in [2.05, 4.69) is 18.1 Å². The second-order valence-corrected chi connectivity index (χ2v) is 7.48. The number of aromatic nitrogens is 2. The average molecular weight is 399 g/mol. The van der Waals surface area contributed by atoms with Crippen LogP contribution in [0.2, 0.25) is 0 Å². The molecule has 1 aromatic carbocycles. The van der Waals surface area contributed by atoms with Crippen LogP contribution in [0, 0.1) is 0 Å². The number of amides is 1. The highest BCUT2D eigenvalue weighted by molar-refractivity contribution is 8.00. The molecule has 1 aliphatic rings. The Labute approximate surface area is 170 Å². The number of ether oxygens (including phenoxy) is 1. The van der Waals surface area contributed by atoms with E-state index in [9.17, 15) is 4.79 Å². The molecule has 1 aromatic heterocycles. The van der Waals surface area contributed by atoms with Gasteiger partial charge < -0.3 is 9.64 Å². The summed E-state index contributed by atoms with van der Waals surface area (Å²) in [5.41, 5.74) is 0.907. The van der Waals surface area contributed by atoms with Crippen LogP contribution in [-0.4, -0.2) is 70.8 Å². The van der Waals surface area contributed by atoms with Gasteiger partial charge in [-0.25, -0.2) is 9.97 Å². The maximum absolute atomic E-state index is 12.6. The zero-order chi connectivity index (χ0) is 19.8. The summed E-state index contributed by atoms with van der Waals surface area (Å²) < 4.78 is 5.42. The number of carbonyl (C=O) groups is 1. The van der Waals surface area contributed by atoms with Crippen LogP contribution in [0.15, 0.2) is 54.6 Å². The molecule has 3 rings (SSSR count). The molecule has 1 aliphatic heterocycles. The molecule has 0 radical (unpaired) electrons. The number of benzene rings is 1. The Bertz CT molecular complexity index is 826. The van der Waals surface area contributed by atoms with Crippen molar-refractivity contribution in [3.8, 4) is 0 Å². The molecule has 0 bridgehead atoms. The highest BCUT2D eigenvalue weighted by atomic mass is 32.2. The molecule has 0 atom stereocenters. The third-order valence-corrected chi connectivity index (χ3v) is 5.44. The number of hydrogen-bond acceptors (Lipinski definition) is 6. The van der Waals surface area contributed by atoms with Crippen molar-refractivity contribution in [2.45, 2.75) is 11.6 Å². The van der Waals surface area contributed by atoms with E-state index in [0.717, 1.165) is 48.1 Å². The Kier molecular flexibility index (Phi) is 7.59. The molecule has 7 heteroatoms. The van der Waals surface area contributed by atoms with E-state index in [4.69, 9.17) is 14.7 Å². The lowest BCUT2D eigenvalue weighted by Crippen LogP contribution is -2.36. The topological polar surface area (TPSA) is 58.6 Å². The van der Waals surface area contributed by atoms with Crippen molar-refractivity contribution in [2.75, 3.05) is 45.1 Å². The molecule has 1 amide bonds. The number of morpholine rings is 1. The summed E-state index contributed by atoms with van der Waals surface area (Å²) in [6.07, 6.45) is 3.46. The summed E-state index contributed by atoms with van der Waals surface area (Å²) in [5, 5.41) is 1.82. The number of nitrogens with zero attached hydrogens (tertiary/aromatic N) is 4. The molecule has 2 heterocycles. The largest absolute Gasteiger partial charge is 0.379 e. The minimum absolute atomic E-state index is 0.0437. The van der Waals surface area contributed by atoms with Gasteiger partial charge >= 0.3 is 0 Å². The van der Waals surface area contributed by atoms with E-state index in [1.54, 1.807) is 17.1 Å². The van der Waals surface area contributed by atoms with Crippen LogP contribution in [0.1, 0.15) is 5.82 Å². The molecule has 6 nitrogen and oxygen atoms in total. The lowest BCUT2D eigenvalue weighted by atomic mass is 10.2. The Morgan fingerprint density at radius 3 is 2.61 bits per heavy atom. The summed E-state index contributed by atoms with van der Waals surface area (Å²) in [5.74, 6) is 1.14. The average Bonchev–Trinajstić information content (AvgIpc) is 2.72. The van der Waals surface area contributed by atoms with Crippen molar-refractivity contribution in [1.82, 2.24) is 19.8 Å². The number of hydrogen-bond donors (Lipinski definition) is 0. The Morgan fingerprint density at radius 2 is 1.89 bits per heavy atom. The summed E-state index contributed by atoms with van der Waals surface area (Å²) in [6.45, 7) is 12.4. The van der Waals surface area contributed by atoms with Crippen LogP contribution in [0.3, 0.4) is 0 Å². The highest BCUT2D eigenvalue weighted by Gasteiger charge is 2.16. The zero-order valence-corrected chi connectivity index (χ0v) is 16.9. The van der Waals surface area contributed by atoms with Gasteiger partial charge in [0.1, 0.15) is 10.9 Å². The summed E-state index contributed by atoms with van der Waals surface area (Å²) >= 11 is 1.46. The number of rotatable bonds is 9. The van der Waals surface area contributed by atoms with E-state index in [1.807, 2.05) is 24.3 Å². The van der Waals surface area contributed by atoms with Crippen molar-refractivity contribution in [1.29, 1.82) is 0 Å². The van der Waals surface area contributed by atoms with Crippen LogP contribution in [-0.2, 0) is 16.1 Å². The van der Waals surface area contributed by atoms with Gasteiger partial charge in [0, 0.05) is 31.6 Å². The molecular formula is C21H26N4O2S. The highest BCUT2D eigenvalue weighted by Crippen LogP contribution is 2.26. The van der Waals surface area contributed by atoms with E-state index in [0.29, 0.717) is 25.4 Å². The predicted octanol–water partition coefficient (Wildman–Crippen LogP) is 2.75. The Hall–Kier alpha value is -2.22. The van der Waals surface area contributed by atoms with Gasteiger partial charge in [0.05, 0.1) is 31.0 Å². The lowest BCUT2D eigenvalue weighted by Gasteiger charge is -2.26. The van der Waals surface area contributed by atoms with Crippen LogP contribution in [0.5, 0.6) is 0 Å². The maximum atomic E-state index is 12.6. The van der Waals surface area contributed by atoms with Crippen molar-refractivity contribution in [3.63, 3.8) is 0 Å². The minimum Gasteiger partial charge on any atom is -0.379 e. The number of carbonyl (C=O) groups excluding carboxylic acids is 1. The van der Waals surface area contributed by atoms with Gasteiger partial charge in [-0.3, -0.25) is 9.69 Å². The zero-order valence-electron chi connectivity index (χ0n) is 16.0. The van der Waals surface area contributed by atoms with Crippen molar-refractivity contribution in [3.05, 3.63) is 55.4 Å². The fourth-order valence-corrected chi connectivity index (χ4v) is 3.99. The molecule has 0 N–H and O–H groups in total. The van der Waals surface area contributed by atoms with Gasteiger partial charge in [-0.1, -0.05) is 42.1 Å². The second kappa shape index (κ2) is 10.4. The summed E-state index contributed by atoms with van der Waals surface area (Å²) in [7, 11) is 0. The fraction of sp³-hybridized carbons (Fsp3) is 0.381. The summed E-state index contributed by atoms with van der Waals surface area (Å²) in [6, 6.07) is 7.95. The van der Waals surface area contributed by atoms with Gasteiger partial charge in [-0.05, 0) is 6.07 Å². The molecule has 0 spiro atoms. The molecule has 0 saturated carbocycles. The van der Waals surface area contributed by atoms with E-state index in [1.165, 1.54) is 11.8 Å². The monoisotopic (exact) mass is 398 g/mol. The van der Waals surface area contributed by atoms with Crippen LogP contribution >= 0.6 is 11.8 Å². The first-order valence-corrected chi connectivity index (χ1v) is 10.4. The maximum Gasteiger partial charge on any atom is 0.233 e. The first kappa shape index (κ1) is 20.5. The van der Waals surface area contributed by atoms with Crippen molar-refractivity contribution >= 4 is 28.6 Å². The van der Waals surface area contributed by atoms with E-state index in [-0.39, 0.29) is 5.91 Å². The normalized spacial score (nSPS) is 14.7. The Balaban J connectivity index is 1.77.